The Morgan fingerprint density at radius 3 is 2.83 bits per heavy atom. The summed E-state index contributed by atoms with van der Waals surface area (Å²) in [7, 11) is 0. The number of aliphatic hydroxyl groups is 1. The Morgan fingerprint density at radius 1 is 1.15 bits per heavy atom. The van der Waals surface area contributed by atoms with Crippen molar-refractivity contribution in [3.05, 3.63) is 88.5 Å². The quantitative estimate of drug-likeness (QED) is 0.118. The first-order valence-corrected chi connectivity index (χ1v) is 14.4. The number of unbranched alkanes of at least 4 members (excludes halogenated alkanes) is 1. The van der Waals surface area contributed by atoms with E-state index >= 15 is 0 Å². The minimum absolute atomic E-state index is 0.0260. The van der Waals surface area contributed by atoms with Crippen molar-refractivity contribution in [3.63, 3.8) is 0 Å². The zero-order chi connectivity index (χ0) is 28.0. The van der Waals surface area contributed by atoms with Crippen molar-refractivity contribution in [2.75, 3.05) is 11.5 Å². The molecule has 204 valence electrons. The molecule has 4 aromatic rings. The summed E-state index contributed by atoms with van der Waals surface area (Å²) >= 11 is 1.35. The van der Waals surface area contributed by atoms with Gasteiger partial charge in [-0.1, -0.05) is 42.9 Å². The van der Waals surface area contributed by atoms with Gasteiger partial charge in [-0.2, -0.15) is 0 Å². The van der Waals surface area contributed by atoms with Crippen molar-refractivity contribution in [1.82, 2.24) is 4.98 Å². The average molecular weight is 555 g/mol. The molecule has 7 nitrogen and oxygen atoms in total. The van der Waals surface area contributed by atoms with E-state index in [1.165, 1.54) is 16.2 Å². The summed E-state index contributed by atoms with van der Waals surface area (Å²) in [4.78, 5) is 33.4. The zero-order valence-corrected chi connectivity index (χ0v) is 23.5. The van der Waals surface area contributed by atoms with E-state index in [1.54, 1.807) is 12.1 Å². The topological polar surface area (TPSA) is 89.0 Å². The molecule has 3 heterocycles. The van der Waals surface area contributed by atoms with Gasteiger partial charge in [0.2, 0.25) is 0 Å². The van der Waals surface area contributed by atoms with Crippen LogP contribution in [0.15, 0.2) is 66.2 Å². The van der Waals surface area contributed by atoms with Gasteiger partial charge in [0.25, 0.3) is 5.78 Å². The highest BCUT2D eigenvalue weighted by Crippen LogP contribution is 2.45. The Balaban J connectivity index is 1.50. The molecule has 1 fully saturated rings. The van der Waals surface area contributed by atoms with Crippen LogP contribution in [0.5, 0.6) is 11.5 Å². The maximum absolute atomic E-state index is 13.7. The number of aromatic nitrogens is 1. The number of thiazole rings is 1. The van der Waals surface area contributed by atoms with Gasteiger partial charge in [-0.3, -0.25) is 14.5 Å². The summed E-state index contributed by atoms with van der Waals surface area (Å²) in [5.74, 6) is -0.288. The number of carbonyl (C=O) groups is 2. The summed E-state index contributed by atoms with van der Waals surface area (Å²) in [6, 6.07) is 17.8. The predicted molar refractivity (Wildman–Crippen MR) is 156 cm³/mol. The standard InChI is InChI=1S/C32H30N2O5S/c1-4-5-13-38-23-8-6-7-20(17-23)28-27(29(35)21-10-12-25-22(16-21)15-19(3)39-25)30(36)31(37)34(28)32-33-24-11-9-18(2)14-26(24)40-32/h6-12,14,16-17,19,28,35H,4-5,13,15H2,1-3H3/t19-,28+/m0/s1. The molecular formula is C32H30N2O5S. The van der Waals surface area contributed by atoms with Crippen molar-refractivity contribution in [2.45, 2.75) is 52.2 Å². The molecule has 1 amide bonds. The Labute approximate surface area is 236 Å². The van der Waals surface area contributed by atoms with Crippen LogP contribution in [0.25, 0.3) is 16.0 Å². The highest BCUT2D eigenvalue weighted by Gasteiger charge is 2.48. The van der Waals surface area contributed by atoms with Gasteiger partial charge in [-0.25, -0.2) is 4.98 Å². The Kier molecular flexibility index (Phi) is 6.80. The van der Waals surface area contributed by atoms with E-state index in [9.17, 15) is 14.7 Å². The summed E-state index contributed by atoms with van der Waals surface area (Å²) < 4.78 is 12.7. The third kappa shape index (κ3) is 4.62. The molecule has 1 aromatic heterocycles. The molecule has 0 aliphatic carbocycles. The molecule has 6 rings (SSSR count). The van der Waals surface area contributed by atoms with Crippen molar-refractivity contribution >= 4 is 44.1 Å². The van der Waals surface area contributed by atoms with E-state index in [-0.39, 0.29) is 17.4 Å². The number of hydrogen-bond acceptors (Lipinski definition) is 7. The molecule has 1 saturated heterocycles. The minimum atomic E-state index is -0.875. The third-order valence-corrected chi connectivity index (χ3v) is 8.31. The molecule has 0 radical (unpaired) electrons. The number of carbonyl (C=O) groups excluding carboxylic acids is 2. The second kappa shape index (κ2) is 10.4. The van der Waals surface area contributed by atoms with Crippen LogP contribution in [0.3, 0.4) is 0 Å². The molecule has 0 spiro atoms. The van der Waals surface area contributed by atoms with Crippen LogP contribution in [0, 0.1) is 6.92 Å². The Bertz CT molecular complexity index is 1670. The number of ketones is 1. The fraction of sp³-hybridized carbons (Fsp3) is 0.281. The van der Waals surface area contributed by atoms with Crippen LogP contribution in [-0.2, 0) is 16.0 Å². The number of nitrogens with zero attached hydrogens (tertiary/aromatic N) is 2. The number of aryl methyl sites for hydroxylation is 1. The first-order chi connectivity index (χ1) is 19.3. The molecule has 1 N–H and O–H groups in total. The number of anilines is 1. The van der Waals surface area contributed by atoms with Gasteiger partial charge in [-0.05, 0) is 79.4 Å². The summed E-state index contributed by atoms with van der Waals surface area (Å²) in [6.45, 7) is 6.64. The number of fused-ring (bicyclic) bond motifs is 2. The summed E-state index contributed by atoms with van der Waals surface area (Å²) in [6.07, 6.45) is 2.66. The fourth-order valence-electron chi connectivity index (χ4n) is 5.30. The molecular weight excluding hydrogens is 524 g/mol. The van der Waals surface area contributed by atoms with Gasteiger partial charge in [0.05, 0.1) is 28.4 Å². The lowest BCUT2D eigenvalue weighted by molar-refractivity contribution is -0.132. The number of Topliss-reactive ketones (excluding diaryl/α,β-unsaturated/α-hetero) is 1. The first-order valence-electron chi connectivity index (χ1n) is 13.5. The predicted octanol–water partition coefficient (Wildman–Crippen LogP) is 6.73. The van der Waals surface area contributed by atoms with Gasteiger partial charge in [0.15, 0.2) is 5.13 Å². The maximum atomic E-state index is 13.7. The van der Waals surface area contributed by atoms with Gasteiger partial charge < -0.3 is 14.6 Å². The largest absolute Gasteiger partial charge is 0.507 e. The SMILES string of the molecule is CCCCOc1cccc([C@@H]2C(=C(O)c3ccc4c(c3)C[C@H](C)O4)C(=O)C(=O)N2c2nc3ccc(C)cc3s2)c1. The van der Waals surface area contributed by atoms with Crippen LogP contribution in [0.1, 0.15) is 55.0 Å². The van der Waals surface area contributed by atoms with Crippen LogP contribution < -0.4 is 14.4 Å². The summed E-state index contributed by atoms with van der Waals surface area (Å²) in [5, 5.41) is 12.0. The average Bonchev–Trinajstić information content (AvgIpc) is 3.60. The smallest absolute Gasteiger partial charge is 0.301 e. The number of aliphatic hydroxyl groups excluding tert-OH is 1. The molecule has 2 aliphatic heterocycles. The minimum Gasteiger partial charge on any atom is -0.507 e. The molecule has 0 bridgehead atoms. The first kappa shape index (κ1) is 26.1. The number of benzene rings is 3. The van der Waals surface area contributed by atoms with E-state index in [2.05, 4.69) is 6.92 Å². The molecule has 8 heteroatoms. The van der Waals surface area contributed by atoms with E-state index in [4.69, 9.17) is 14.5 Å². The number of amides is 1. The maximum Gasteiger partial charge on any atom is 0.301 e. The van der Waals surface area contributed by atoms with E-state index < -0.39 is 17.7 Å². The fourth-order valence-corrected chi connectivity index (χ4v) is 6.39. The lowest BCUT2D eigenvalue weighted by Crippen LogP contribution is -2.29. The third-order valence-electron chi connectivity index (χ3n) is 7.29. The van der Waals surface area contributed by atoms with E-state index in [0.29, 0.717) is 35.0 Å². The van der Waals surface area contributed by atoms with Crippen molar-refractivity contribution in [1.29, 1.82) is 0 Å². The normalized spacial score (nSPS) is 19.7. The Morgan fingerprint density at radius 2 is 2.00 bits per heavy atom. The Hall–Kier alpha value is -4.17. The molecule has 40 heavy (non-hydrogen) atoms. The lowest BCUT2D eigenvalue weighted by atomic mass is 9.94. The highest BCUT2D eigenvalue weighted by atomic mass is 32.1. The monoisotopic (exact) mass is 554 g/mol. The second-order valence-corrected chi connectivity index (χ2v) is 11.4. The molecule has 2 atom stereocenters. The summed E-state index contributed by atoms with van der Waals surface area (Å²) in [5.41, 5.74) is 3.93. The van der Waals surface area contributed by atoms with Crippen LogP contribution in [0.2, 0.25) is 0 Å². The molecule has 3 aromatic carbocycles. The van der Waals surface area contributed by atoms with Crippen LogP contribution in [0.4, 0.5) is 5.13 Å². The van der Waals surface area contributed by atoms with Crippen molar-refractivity contribution in [2.24, 2.45) is 0 Å². The van der Waals surface area contributed by atoms with E-state index in [0.717, 1.165) is 39.9 Å². The highest BCUT2D eigenvalue weighted by molar-refractivity contribution is 7.22. The van der Waals surface area contributed by atoms with Gasteiger partial charge >= 0.3 is 5.91 Å². The molecule has 0 unspecified atom stereocenters. The van der Waals surface area contributed by atoms with Gasteiger partial charge in [-0.15, -0.1) is 0 Å². The lowest BCUT2D eigenvalue weighted by Gasteiger charge is -2.23. The van der Waals surface area contributed by atoms with Gasteiger partial charge in [0, 0.05) is 12.0 Å². The number of rotatable bonds is 7. The molecule has 0 saturated carbocycles. The van der Waals surface area contributed by atoms with Crippen molar-refractivity contribution < 1.29 is 24.2 Å². The van der Waals surface area contributed by atoms with E-state index in [1.807, 2.05) is 62.4 Å². The molecule has 2 aliphatic rings. The van der Waals surface area contributed by atoms with Crippen molar-refractivity contribution in [3.8, 4) is 11.5 Å². The van der Waals surface area contributed by atoms with Crippen LogP contribution >= 0.6 is 11.3 Å². The number of ether oxygens (including phenoxy) is 2. The van der Waals surface area contributed by atoms with Crippen LogP contribution in [-0.4, -0.2) is 34.5 Å². The number of hydrogen-bond donors (Lipinski definition) is 1. The zero-order valence-electron chi connectivity index (χ0n) is 22.6. The second-order valence-electron chi connectivity index (χ2n) is 10.4. The van der Waals surface area contributed by atoms with Gasteiger partial charge in [0.1, 0.15) is 23.4 Å².